The zero-order valence-electron chi connectivity index (χ0n) is 17.6. The van der Waals surface area contributed by atoms with E-state index in [2.05, 4.69) is 50.8 Å². The molecular weight excluding hydrogens is 352 g/mol. The summed E-state index contributed by atoms with van der Waals surface area (Å²) in [4.78, 5) is 11.5. The molecule has 0 aliphatic carbocycles. The van der Waals surface area contributed by atoms with Gasteiger partial charge in [-0.05, 0) is 37.0 Å². The van der Waals surface area contributed by atoms with E-state index in [0.29, 0.717) is 12.2 Å². The Kier molecular flexibility index (Phi) is 12.0. The van der Waals surface area contributed by atoms with Crippen molar-refractivity contribution in [3.63, 3.8) is 0 Å². The third-order valence-corrected chi connectivity index (χ3v) is 9.52. The average molecular weight is 391 g/mol. The molecular formula is C23H38O3Si. The van der Waals surface area contributed by atoms with E-state index in [1.165, 1.54) is 43.3 Å². The van der Waals surface area contributed by atoms with Gasteiger partial charge in [-0.1, -0.05) is 82.9 Å². The van der Waals surface area contributed by atoms with E-state index in [0.717, 1.165) is 25.5 Å². The molecule has 0 atom stereocenters. The van der Waals surface area contributed by atoms with Crippen LogP contribution in [0.1, 0.15) is 64.9 Å². The molecule has 0 heterocycles. The van der Waals surface area contributed by atoms with Gasteiger partial charge in [-0.25, -0.2) is 4.79 Å². The van der Waals surface area contributed by atoms with Crippen molar-refractivity contribution in [2.75, 3.05) is 6.61 Å². The average Bonchev–Trinajstić information content (AvgIpc) is 2.69. The van der Waals surface area contributed by atoms with Crippen molar-refractivity contribution in [1.29, 1.82) is 0 Å². The highest BCUT2D eigenvalue weighted by molar-refractivity contribution is 6.73. The lowest BCUT2D eigenvalue weighted by atomic mass is 10.2. The summed E-state index contributed by atoms with van der Waals surface area (Å²) in [5, 5.41) is 0. The van der Waals surface area contributed by atoms with E-state index in [4.69, 9.17) is 9.16 Å². The van der Waals surface area contributed by atoms with Crippen LogP contribution in [0.15, 0.2) is 42.5 Å². The molecule has 0 bridgehead atoms. The van der Waals surface area contributed by atoms with Crippen LogP contribution in [0.2, 0.25) is 18.1 Å². The maximum atomic E-state index is 11.5. The van der Waals surface area contributed by atoms with E-state index >= 15 is 0 Å². The molecule has 0 unspecified atom stereocenters. The summed E-state index contributed by atoms with van der Waals surface area (Å²) >= 11 is 0. The number of esters is 1. The summed E-state index contributed by atoms with van der Waals surface area (Å²) < 4.78 is 11.9. The minimum Gasteiger partial charge on any atom is -0.462 e. The minimum atomic E-state index is -1.78. The highest BCUT2D eigenvalue weighted by atomic mass is 28.4. The van der Waals surface area contributed by atoms with E-state index < -0.39 is 8.32 Å². The third kappa shape index (κ3) is 9.92. The first-order valence-corrected chi connectivity index (χ1v) is 13.1. The number of carbonyl (C=O) groups excluding carboxylic acids is 1. The number of ether oxygens (including phenoxy) is 1. The van der Waals surface area contributed by atoms with Gasteiger partial charge in [-0.3, -0.25) is 0 Å². The summed E-state index contributed by atoms with van der Waals surface area (Å²) in [6.07, 6.45) is 6.89. The zero-order chi connectivity index (χ0) is 20.0. The van der Waals surface area contributed by atoms with Gasteiger partial charge in [-0.15, -0.1) is 0 Å². The lowest BCUT2D eigenvalue weighted by Gasteiger charge is -2.32. The molecule has 3 nitrogen and oxygen atoms in total. The predicted octanol–water partition coefficient (Wildman–Crippen LogP) is 6.65. The fourth-order valence-corrected chi connectivity index (χ4v) is 7.78. The molecule has 0 spiro atoms. The van der Waals surface area contributed by atoms with Crippen molar-refractivity contribution < 1.29 is 14.0 Å². The predicted molar refractivity (Wildman–Crippen MR) is 116 cm³/mol. The van der Waals surface area contributed by atoms with Gasteiger partial charge in [0, 0.05) is 5.57 Å². The maximum absolute atomic E-state index is 11.5. The molecule has 1 aromatic carbocycles. The summed E-state index contributed by atoms with van der Waals surface area (Å²) in [6.45, 7) is 11.0. The van der Waals surface area contributed by atoms with E-state index in [9.17, 15) is 4.79 Å². The Labute approximate surface area is 167 Å². The number of unbranched alkanes of at least 4 members (excludes halogenated alkanes) is 3. The molecule has 1 aromatic rings. The van der Waals surface area contributed by atoms with Crippen molar-refractivity contribution in [3.8, 4) is 0 Å². The normalized spacial score (nSPS) is 11.4. The molecule has 4 heteroatoms. The van der Waals surface area contributed by atoms with Gasteiger partial charge >= 0.3 is 5.97 Å². The molecule has 0 aliphatic rings. The van der Waals surface area contributed by atoms with Crippen molar-refractivity contribution >= 4 is 14.3 Å². The van der Waals surface area contributed by atoms with Gasteiger partial charge in [0.2, 0.25) is 0 Å². The molecule has 0 N–H and O–H groups in total. The number of carbonyl (C=O) groups is 1. The summed E-state index contributed by atoms with van der Waals surface area (Å²) in [5.41, 5.74) is 1.73. The first-order valence-electron chi connectivity index (χ1n) is 10.5. The smallest absolute Gasteiger partial charge is 0.333 e. The molecule has 27 heavy (non-hydrogen) atoms. The van der Waals surface area contributed by atoms with Crippen molar-refractivity contribution in [2.24, 2.45) is 0 Å². The SMILES string of the molecule is C=C(C)C(=O)OCCCC[Si](CCCC)(CCCC)OCc1ccccc1. The Hall–Kier alpha value is -1.39. The first-order chi connectivity index (χ1) is 13.0. The molecule has 0 aromatic heterocycles. The summed E-state index contributed by atoms with van der Waals surface area (Å²) in [5.74, 6) is -0.282. The van der Waals surface area contributed by atoms with Crippen LogP contribution >= 0.6 is 0 Å². The lowest BCUT2D eigenvalue weighted by Crippen LogP contribution is -2.38. The van der Waals surface area contributed by atoms with Crippen LogP contribution in [-0.2, 0) is 20.6 Å². The van der Waals surface area contributed by atoms with Gasteiger partial charge in [-0.2, -0.15) is 0 Å². The van der Waals surface area contributed by atoms with Crippen molar-refractivity contribution in [3.05, 3.63) is 48.0 Å². The quantitative estimate of drug-likeness (QED) is 0.146. The number of benzene rings is 1. The highest BCUT2D eigenvalue weighted by Crippen LogP contribution is 2.30. The molecule has 0 saturated carbocycles. The second-order valence-electron chi connectivity index (χ2n) is 7.54. The van der Waals surface area contributed by atoms with Crippen molar-refractivity contribution in [1.82, 2.24) is 0 Å². The largest absolute Gasteiger partial charge is 0.462 e. The third-order valence-electron chi connectivity index (χ3n) is 4.97. The first kappa shape index (κ1) is 23.6. The van der Waals surface area contributed by atoms with Crippen molar-refractivity contribution in [2.45, 2.75) is 84.0 Å². The standard InChI is InChI=1S/C23H38O3Si/c1-5-7-17-27(18-8-6-2,26-20-22-14-10-9-11-15-22)19-13-12-16-25-23(24)21(3)4/h9-11,14-15H,3,5-8,12-13,16-20H2,1-2,4H3. The van der Waals surface area contributed by atoms with E-state index in [1.807, 2.05) is 0 Å². The molecule has 0 saturated heterocycles. The topological polar surface area (TPSA) is 35.5 Å². The van der Waals surface area contributed by atoms with E-state index in [-0.39, 0.29) is 5.97 Å². The molecule has 0 radical (unpaired) electrons. The number of hydrogen-bond acceptors (Lipinski definition) is 3. The van der Waals surface area contributed by atoms with Gasteiger partial charge in [0.15, 0.2) is 8.32 Å². The van der Waals surface area contributed by atoms with Crippen LogP contribution in [0, 0.1) is 0 Å². The maximum Gasteiger partial charge on any atom is 0.333 e. The highest BCUT2D eigenvalue weighted by Gasteiger charge is 2.33. The zero-order valence-corrected chi connectivity index (χ0v) is 18.6. The summed E-state index contributed by atoms with van der Waals surface area (Å²) in [7, 11) is -1.78. The fraction of sp³-hybridized carbons (Fsp3) is 0.609. The van der Waals surface area contributed by atoms with Gasteiger partial charge in [0.25, 0.3) is 0 Å². The Morgan fingerprint density at radius 2 is 1.56 bits per heavy atom. The Morgan fingerprint density at radius 1 is 0.963 bits per heavy atom. The second kappa shape index (κ2) is 13.7. The van der Waals surface area contributed by atoms with Crippen LogP contribution in [0.3, 0.4) is 0 Å². The van der Waals surface area contributed by atoms with Crippen LogP contribution in [0.4, 0.5) is 0 Å². The Balaban J connectivity index is 2.62. The van der Waals surface area contributed by atoms with Gasteiger partial charge in [0.05, 0.1) is 13.2 Å². The molecule has 0 aliphatic heterocycles. The molecule has 1 rings (SSSR count). The lowest BCUT2D eigenvalue weighted by molar-refractivity contribution is -0.139. The summed E-state index contributed by atoms with van der Waals surface area (Å²) in [6, 6.07) is 14.1. The van der Waals surface area contributed by atoms with Crippen LogP contribution in [0.25, 0.3) is 0 Å². The Morgan fingerprint density at radius 3 is 2.11 bits per heavy atom. The molecule has 0 amide bonds. The molecule has 152 valence electrons. The Bertz CT molecular complexity index is 534. The van der Waals surface area contributed by atoms with Crippen LogP contribution in [-0.4, -0.2) is 20.9 Å². The minimum absolute atomic E-state index is 0.282. The van der Waals surface area contributed by atoms with Crippen LogP contribution < -0.4 is 0 Å². The monoisotopic (exact) mass is 390 g/mol. The fourth-order valence-electron chi connectivity index (χ4n) is 3.24. The second-order valence-corrected chi connectivity index (χ2v) is 11.7. The number of rotatable bonds is 15. The van der Waals surface area contributed by atoms with Gasteiger partial charge in [0.1, 0.15) is 0 Å². The van der Waals surface area contributed by atoms with E-state index in [1.54, 1.807) is 6.92 Å². The molecule has 0 fully saturated rings. The number of hydrogen-bond donors (Lipinski definition) is 0. The van der Waals surface area contributed by atoms with Crippen LogP contribution in [0.5, 0.6) is 0 Å². The van der Waals surface area contributed by atoms with Gasteiger partial charge < -0.3 is 9.16 Å².